The van der Waals surface area contributed by atoms with Gasteiger partial charge in [-0.2, -0.15) is 10.2 Å². The summed E-state index contributed by atoms with van der Waals surface area (Å²) in [4.78, 5) is 32.0. The topological polar surface area (TPSA) is 120 Å². The van der Waals surface area contributed by atoms with E-state index in [2.05, 4.69) is 30.8 Å². The molecule has 144 valence electrons. The average Bonchev–Trinajstić information content (AvgIpc) is 3.27. The molecule has 4 rings (SSSR count). The summed E-state index contributed by atoms with van der Waals surface area (Å²) in [7, 11) is 1.49. The maximum atomic E-state index is 12.3. The zero-order valence-electron chi connectivity index (χ0n) is 15.4. The highest BCUT2D eigenvalue weighted by atomic mass is 16.2. The molecule has 0 atom stereocenters. The maximum absolute atomic E-state index is 12.3. The Kier molecular flexibility index (Phi) is 4.81. The van der Waals surface area contributed by atoms with E-state index in [1.165, 1.54) is 25.5 Å². The van der Waals surface area contributed by atoms with Gasteiger partial charge < -0.3 is 10.6 Å². The van der Waals surface area contributed by atoms with Gasteiger partial charge in [0.2, 0.25) is 0 Å². The lowest BCUT2D eigenvalue weighted by atomic mass is 10.2. The van der Waals surface area contributed by atoms with E-state index < -0.39 is 5.91 Å². The molecule has 0 aliphatic carbocycles. The van der Waals surface area contributed by atoms with Crippen LogP contribution >= 0.6 is 0 Å². The van der Waals surface area contributed by atoms with E-state index in [1.54, 1.807) is 47.4 Å². The Morgan fingerprint density at radius 3 is 2.55 bits per heavy atom. The second-order valence-electron chi connectivity index (χ2n) is 6.05. The number of nitrogens with one attached hydrogen (secondary N) is 2. The standard InChI is InChI=1S/C19H16N8O2/c1-26-18(28)8-7-15(25-26)19(29)24-14-5-3-13(4-6-14)23-16-11-17(21-12-20-16)27-10-2-9-22-27/h2-12H,1H3,(H,24,29)(H,20,21,23). The second kappa shape index (κ2) is 7.72. The van der Waals surface area contributed by atoms with Crippen LogP contribution in [0, 0.1) is 0 Å². The van der Waals surface area contributed by atoms with Crippen molar-refractivity contribution in [1.29, 1.82) is 0 Å². The number of anilines is 3. The van der Waals surface area contributed by atoms with Crippen molar-refractivity contribution in [1.82, 2.24) is 29.5 Å². The summed E-state index contributed by atoms with van der Waals surface area (Å²) in [5.41, 5.74) is 1.25. The average molecular weight is 388 g/mol. The van der Waals surface area contributed by atoms with Crippen LogP contribution in [0.15, 0.2) is 72.0 Å². The monoisotopic (exact) mass is 388 g/mol. The van der Waals surface area contributed by atoms with E-state index in [0.717, 1.165) is 10.4 Å². The van der Waals surface area contributed by atoms with Crippen LogP contribution in [0.3, 0.4) is 0 Å². The van der Waals surface area contributed by atoms with E-state index in [9.17, 15) is 9.59 Å². The summed E-state index contributed by atoms with van der Waals surface area (Å²) < 4.78 is 2.75. The molecule has 10 heteroatoms. The minimum absolute atomic E-state index is 0.154. The van der Waals surface area contributed by atoms with Crippen molar-refractivity contribution < 1.29 is 4.79 Å². The molecular formula is C19H16N8O2. The summed E-state index contributed by atoms with van der Waals surface area (Å²) in [6.45, 7) is 0. The van der Waals surface area contributed by atoms with Gasteiger partial charge in [0.05, 0.1) is 0 Å². The van der Waals surface area contributed by atoms with Crippen molar-refractivity contribution >= 4 is 23.1 Å². The fraction of sp³-hybridized carbons (Fsp3) is 0.0526. The number of aryl methyl sites for hydroxylation is 1. The van der Waals surface area contributed by atoms with E-state index in [-0.39, 0.29) is 11.3 Å². The predicted octanol–water partition coefficient (Wildman–Crippen LogP) is 1.75. The van der Waals surface area contributed by atoms with Crippen molar-refractivity contribution in [2.24, 2.45) is 7.05 Å². The lowest BCUT2D eigenvalue weighted by Gasteiger charge is -2.09. The zero-order valence-corrected chi connectivity index (χ0v) is 15.4. The number of benzene rings is 1. The van der Waals surface area contributed by atoms with E-state index in [1.807, 2.05) is 6.07 Å². The number of carbonyl (C=O) groups is 1. The van der Waals surface area contributed by atoms with Gasteiger partial charge in [0.15, 0.2) is 5.82 Å². The van der Waals surface area contributed by atoms with Gasteiger partial charge in [-0.15, -0.1) is 0 Å². The highest BCUT2D eigenvalue weighted by Gasteiger charge is 2.09. The molecule has 3 heterocycles. The summed E-state index contributed by atoms with van der Waals surface area (Å²) >= 11 is 0. The molecule has 0 saturated carbocycles. The fourth-order valence-corrected chi connectivity index (χ4v) is 2.55. The van der Waals surface area contributed by atoms with Crippen LogP contribution in [-0.4, -0.2) is 35.4 Å². The molecule has 0 spiro atoms. The van der Waals surface area contributed by atoms with Gasteiger partial charge >= 0.3 is 0 Å². The molecule has 0 bridgehead atoms. The van der Waals surface area contributed by atoms with Gasteiger partial charge in [-0.1, -0.05) is 0 Å². The smallest absolute Gasteiger partial charge is 0.276 e. The van der Waals surface area contributed by atoms with Gasteiger partial charge in [-0.05, 0) is 36.4 Å². The van der Waals surface area contributed by atoms with Crippen LogP contribution in [0.2, 0.25) is 0 Å². The number of hydrogen-bond donors (Lipinski definition) is 2. The van der Waals surface area contributed by atoms with Crippen molar-refractivity contribution in [2.45, 2.75) is 0 Å². The van der Waals surface area contributed by atoms with E-state index in [4.69, 9.17) is 0 Å². The Labute approximate surface area is 164 Å². The SMILES string of the molecule is Cn1nc(C(=O)Nc2ccc(Nc3cc(-n4cccn4)ncn3)cc2)ccc1=O. The molecule has 1 amide bonds. The number of carbonyl (C=O) groups excluding carboxylic acids is 1. The van der Waals surface area contributed by atoms with Gasteiger partial charge in [-0.3, -0.25) is 9.59 Å². The number of amides is 1. The lowest BCUT2D eigenvalue weighted by Crippen LogP contribution is -2.23. The molecular weight excluding hydrogens is 372 g/mol. The largest absolute Gasteiger partial charge is 0.340 e. The van der Waals surface area contributed by atoms with Crippen LogP contribution in [-0.2, 0) is 7.05 Å². The molecule has 0 aliphatic heterocycles. The predicted molar refractivity (Wildman–Crippen MR) is 106 cm³/mol. The molecule has 0 saturated heterocycles. The normalized spacial score (nSPS) is 10.5. The van der Waals surface area contributed by atoms with Gasteiger partial charge in [0.25, 0.3) is 11.5 Å². The highest BCUT2D eigenvalue weighted by Crippen LogP contribution is 2.18. The van der Waals surface area contributed by atoms with Crippen LogP contribution in [0.25, 0.3) is 5.82 Å². The number of hydrogen-bond acceptors (Lipinski definition) is 7. The minimum atomic E-state index is -0.402. The lowest BCUT2D eigenvalue weighted by molar-refractivity contribution is 0.102. The first kappa shape index (κ1) is 18.0. The van der Waals surface area contributed by atoms with Crippen molar-refractivity contribution in [3.05, 3.63) is 83.3 Å². The van der Waals surface area contributed by atoms with Gasteiger partial charge in [-0.25, -0.2) is 19.3 Å². The molecule has 4 aromatic rings. The Morgan fingerprint density at radius 1 is 1.03 bits per heavy atom. The molecule has 3 aromatic heterocycles. The molecule has 1 aromatic carbocycles. The molecule has 0 radical (unpaired) electrons. The molecule has 29 heavy (non-hydrogen) atoms. The third-order valence-electron chi connectivity index (χ3n) is 4.00. The van der Waals surface area contributed by atoms with Crippen molar-refractivity contribution in [2.75, 3.05) is 10.6 Å². The Balaban J connectivity index is 1.44. The zero-order chi connectivity index (χ0) is 20.2. The summed E-state index contributed by atoms with van der Waals surface area (Å²) in [5, 5.41) is 14.0. The second-order valence-corrected chi connectivity index (χ2v) is 6.05. The first-order valence-corrected chi connectivity index (χ1v) is 8.63. The van der Waals surface area contributed by atoms with Gasteiger partial charge in [0, 0.05) is 42.9 Å². The van der Waals surface area contributed by atoms with Crippen LogP contribution in [0.1, 0.15) is 10.5 Å². The Morgan fingerprint density at radius 2 is 1.83 bits per heavy atom. The minimum Gasteiger partial charge on any atom is -0.340 e. The molecule has 2 N–H and O–H groups in total. The molecule has 0 unspecified atom stereocenters. The summed E-state index contributed by atoms with van der Waals surface area (Å²) in [5.74, 6) is 0.846. The molecule has 0 aliphatic rings. The molecule has 10 nitrogen and oxygen atoms in total. The molecule has 0 fully saturated rings. The van der Waals surface area contributed by atoms with Crippen LogP contribution in [0.4, 0.5) is 17.2 Å². The fourth-order valence-electron chi connectivity index (χ4n) is 2.55. The van der Waals surface area contributed by atoms with E-state index in [0.29, 0.717) is 17.3 Å². The third-order valence-corrected chi connectivity index (χ3v) is 4.00. The third kappa shape index (κ3) is 4.16. The number of nitrogens with zero attached hydrogens (tertiary/aromatic N) is 6. The van der Waals surface area contributed by atoms with Crippen LogP contribution in [0.5, 0.6) is 0 Å². The van der Waals surface area contributed by atoms with Crippen molar-refractivity contribution in [3.63, 3.8) is 0 Å². The first-order valence-electron chi connectivity index (χ1n) is 8.63. The highest BCUT2D eigenvalue weighted by molar-refractivity contribution is 6.02. The van der Waals surface area contributed by atoms with Crippen molar-refractivity contribution in [3.8, 4) is 5.82 Å². The van der Waals surface area contributed by atoms with Crippen LogP contribution < -0.4 is 16.2 Å². The summed E-state index contributed by atoms with van der Waals surface area (Å²) in [6.07, 6.45) is 4.92. The Hall–Kier alpha value is -4.34. The first-order chi connectivity index (χ1) is 14.1. The number of rotatable bonds is 5. The van der Waals surface area contributed by atoms with E-state index >= 15 is 0 Å². The quantitative estimate of drug-likeness (QED) is 0.534. The number of aromatic nitrogens is 6. The summed E-state index contributed by atoms with van der Waals surface area (Å²) in [6, 6.07) is 13.4. The van der Waals surface area contributed by atoms with Gasteiger partial charge in [0.1, 0.15) is 17.8 Å². The Bertz CT molecular complexity index is 1200. The maximum Gasteiger partial charge on any atom is 0.276 e.